The van der Waals surface area contributed by atoms with E-state index in [0.29, 0.717) is 47.8 Å². The number of halogens is 2. The third-order valence-electron chi connectivity index (χ3n) is 10.2. The van der Waals surface area contributed by atoms with Gasteiger partial charge in [-0.05, 0) is 73.0 Å². The Morgan fingerprint density at radius 1 is 0.814 bits per heavy atom. The molecule has 7 rings (SSSR count). The molecule has 0 saturated heterocycles. The molecule has 2 aromatic carbocycles. The zero-order valence-corrected chi connectivity index (χ0v) is 36.7. The van der Waals surface area contributed by atoms with Crippen molar-refractivity contribution in [2.75, 3.05) is 50.0 Å². The molecule has 0 bridgehead atoms. The first-order valence-corrected chi connectivity index (χ1v) is 20.7. The van der Waals surface area contributed by atoms with Crippen LogP contribution in [0.5, 0.6) is 0 Å². The van der Waals surface area contributed by atoms with Gasteiger partial charge in [-0.25, -0.2) is 13.5 Å². The van der Waals surface area contributed by atoms with Crippen LogP contribution in [0.15, 0.2) is 58.1 Å². The second-order valence-corrected chi connectivity index (χ2v) is 16.2. The van der Waals surface area contributed by atoms with Crippen molar-refractivity contribution in [2.24, 2.45) is 11.8 Å². The molecule has 4 N–H and O–H groups in total. The number of hydrogen-bond donors (Lipinski definition) is 4. The van der Waals surface area contributed by atoms with Crippen LogP contribution in [0.4, 0.5) is 26.5 Å². The van der Waals surface area contributed by atoms with Crippen LogP contribution in [0.3, 0.4) is 0 Å². The maximum Gasteiger partial charge on any atom is 0.263 e. The minimum Gasteiger partial charge on any atom is -0.362 e. The molecule has 59 heavy (non-hydrogen) atoms. The highest BCUT2D eigenvalue weighted by atomic mass is 19.1. The van der Waals surface area contributed by atoms with Crippen LogP contribution >= 0.6 is 0 Å². The summed E-state index contributed by atoms with van der Waals surface area (Å²) < 4.78 is 27.9. The lowest BCUT2D eigenvalue weighted by Gasteiger charge is -2.23. The highest BCUT2D eigenvalue weighted by Gasteiger charge is 2.34. The van der Waals surface area contributed by atoms with Crippen LogP contribution in [0.25, 0.3) is 11.0 Å². The van der Waals surface area contributed by atoms with Crippen LogP contribution in [0, 0.1) is 24.2 Å². The Labute approximate surface area is 347 Å². The topological polar surface area (TPSA) is 152 Å². The van der Waals surface area contributed by atoms with Gasteiger partial charge in [0.25, 0.3) is 11.1 Å². The second kappa shape index (κ2) is 21.0. The molecule has 1 unspecified atom stereocenters. The first-order valence-electron chi connectivity index (χ1n) is 20.7. The van der Waals surface area contributed by atoms with E-state index in [1.54, 1.807) is 42.7 Å². The van der Waals surface area contributed by atoms with Crippen molar-refractivity contribution in [1.29, 1.82) is 5.41 Å². The minimum atomic E-state index is -1.02. The lowest BCUT2D eigenvalue weighted by atomic mass is 9.97. The van der Waals surface area contributed by atoms with E-state index < -0.39 is 18.9 Å². The summed E-state index contributed by atoms with van der Waals surface area (Å²) in [5.74, 6) is 3.21. The smallest absolute Gasteiger partial charge is 0.263 e. The number of anilines is 3. The predicted octanol–water partition coefficient (Wildman–Crippen LogP) is 9.07. The van der Waals surface area contributed by atoms with Gasteiger partial charge in [-0.1, -0.05) is 95.6 Å². The van der Waals surface area contributed by atoms with E-state index in [1.165, 1.54) is 16.7 Å². The standard InChI is InChI=1S/C21H28FN5O.C12H16FN5O.C10H14.C2H6/c1-12(2)13-5-7-14(8-6-13)18(15-9-10-15)24-19-17(16(23)11-22)20(28)26-21(25-19)27(3)4;1-17(2)12-14-10-9(11(19)15-12)8(5-13)16-18(10)6-7-3-4-7;1-8(2)10-6-4-9(3)5-7-10;1-2/h5-8,12,15,18,23H,9-11H2,1-4H3,(H2,24,25,26,28);7H,3-6H2,1-2H3,(H,14,15,19);4-8H,1-3H3;1-2H3. The number of aryl methyl sites for hydroxylation is 1. The van der Waals surface area contributed by atoms with E-state index in [1.807, 2.05) is 13.8 Å². The molecule has 1 atom stereocenters. The molecule has 0 radical (unpaired) electrons. The average Bonchev–Trinajstić information content (AvgIpc) is 4.17. The monoisotopic (exact) mass is 815 g/mol. The normalized spacial score (nSPS) is 13.7. The molecule has 14 heteroatoms. The van der Waals surface area contributed by atoms with E-state index in [0.717, 1.165) is 31.2 Å². The van der Waals surface area contributed by atoms with Crippen molar-refractivity contribution in [3.8, 4) is 0 Å². The van der Waals surface area contributed by atoms with Crippen LogP contribution < -0.4 is 26.2 Å². The van der Waals surface area contributed by atoms with Crippen molar-refractivity contribution in [2.45, 2.75) is 105 Å². The van der Waals surface area contributed by atoms with Crippen molar-refractivity contribution in [3.05, 3.63) is 103 Å². The predicted molar refractivity (Wildman–Crippen MR) is 238 cm³/mol. The van der Waals surface area contributed by atoms with Crippen LogP contribution in [-0.4, -0.2) is 70.3 Å². The summed E-state index contributed by atoms with van der Waals surface area (Å²) >= 11 is 0. The zero-order chi connectivity index (χ0) is 43.6. The Bertz CT molecular complexity index is 2230. The molecular weight excluding hydrogens is 751 g/mol. The number of nitrogens with one attached hydrogen (secondary N) is 4. The number of nitrogens with zero attached hydrogens (tertiary/aromatic N) is 6. The van der Waals surface area contributed by atoms with E-state index in [2.05, 4.69) is 114 Å². The molecule has 0 aliphatic heterocycles. The highest BCUT2D eigenvalue weighted by molar-refractivity contribution is 6.03. The molecule has 320 valence electrons. The molecule has 0 spiro atoms. The maximum atomic E-state index is 13.2. The SMILES string of the molecule is CC.CC(C)c1ccc(C(Nc2nc(N(C)C)[nH]c(=O)c2C(=N)CF)C2CC2)cc1.CN(C)c1nc2c(c(CF)nn2CC2CC2)c(=O)[nH]1.Cc1ccc(C(C)C)cc1. The summed E-state index contributed by atoms with van der Waals surface area (Å²) in [6.07, 6.45) is 4.50. The molecule has 3 aromatic heterocycles. The molecule has 12 nitrogen and oxygen atoms in total. The molecule has 2 fully saturated rings. The number of rotatable bonds is 13. The number of aromatic nitrogens is 6. The Hall–Kier alpha value is -5.40. The highest BCUT2D eigenvalue weighted by Crippen LogP contribution is 2.43. The van der Waals surface area contributed by atoms with Gasteiger partial charge in [0.2, 0.25) is 11.9 Å². The van der Waals surface area contributed by atoms with E-state index in [4.69, 9.17) is 5.41 Å². The Morgan fingerprint density at radius 3 is 1.80 bits per heavy atom. The fourth-order valence-electron chi connectivity index (χ4n) is 6.33. The third kappa shape index (κ3) is 12.3. The molecule has 2 saturated carbocycles. The quantitative estimate of drug-likeness (QED) is 0.0860. The average molecular weight is 815 g/mol. The number of benzene rings is 2. The van der Waals surface area contributed by atoms with Crippen LogP contribution in [0.2, 0.25) is 0 Å². The number of H-pyrrole nitrogens is 2. The van der Waals surface area contributed by atoms with Gasteiger partial charge in [0, 0.05) is 34.7 Å². The van der Waals surface area contributed by atoms with Gasteiger partial charge in [0.1, 0.15) is 35.8 Å². The van der Waals surface area contributed by atoms with Crippen molar-refractivity contribution in [1.82, 2.24) is 29.7 Å². The van der Waals surface area contributed by atoms with E-state index in [-0.39, 0.29) is 39.8 Å². The van der Waals surface area contributed by atoms with Crippen LogP contribution in [-0.2, 0) is 13.2 Å². The van der Waals surface area contributed by atoms with Gasteiger partial charge in [-0.3, -0.25) is 19.6 Å². The minimum absolute atomic E-state index is 0.0300. The fraction of sp³-hybridized carbons (Fsp3) is 0.511. The van der Waals surface area contributed by atoms with Crippen molar-refractivity contribution >= 4 is 34.5 Å². The third-order valence-corrected chi connectivity index (χ3v) is 10.2. The lowest BCUT2D eigenvalue weighted by molar-refractivity contribution is 0.466. The Morgan fingerprint density at radius 2 is 1.32 bits per heavy atom. The zero-order valence-electron chi connectivity index (χ0n) is 36.7. The van der Waals surface area contributed by atoms with Gasteiger partial charge >= 0.3 is 0 Å². The molecule has 5 aromatic rings. The molecule has 2 aliphatic rings. The second-order valence-electron chi connectivity index (χ2n) is 16.2. The summed E-state index contributed by atoms with van der Waals surface area (Å²) in [7, 11) is 7.12. The van der Waals surface area contributed by atoms with Gasteiger partial charge in [-0.15, -0.1) is 0 Å². The van der Waals surface area contributed by atoms with Gasteiger partial charge in [0.05, 0.1) is 11.8 Å². The van der Waals surface area contributed by atoms with Gasteiger partial charge < -0.3 is 20.5 Å². The molecule has 2 aliphatic carbocycles. The number of aromatic amines is 2. The Kier molecular flexibility index (Phi) is 16.5. The summed E-state index contributed by atoms with van der Waals surface area (Å²) in [6, 6.07) is 17.1. The fourth-order valence-corrected chi connectivity index (χ4v) is 6.33. The number of hydrogen-bond acceptors (Lipinski definition) is 9. The number of alkyl halides is 2. The van der Waals surface area contributed by atoms with E-state index in [9.17, 15) is 18.4 Å². The number of fused-ring (bicyclic) bond motifs is 1. The molecular formula is C45H64F2N10O2. The first-order chi connectivity index (χ1) is 28.1. The summed E-state index contributed by atoms with van der Waals surface area (Å²) in [4.78, 5) is 42.1. The maximum absolute atomic E-state index is 13.2. The summed E-state index contributed by atoms with van der Waals surface area (Å²) in [5, 5.41) is 15.7. The molecule has 3 heterocycles. The lowest BCUT2D eigenvalue weighted by Crippen LogP contribution is -2.28. The Balaban J connectivity index is 0.000000213. The van der Waals surface area contributed by atoms with E-state index >= 15 is 0 Å². The van der Waals surface area contributed by atoms with Crippen LogP contribution in [0.1, 0.15) is 119 Å². The van der Waals surface area contributed by atoms with Crippen molar-refractivity contribution < 1.29 is 8.78 Å². The largest absolute Gasteiger partial charge is 0.362 e. The summed E-state index contributed by atoms with van der Waals surface area (Å²) in [5.41, 5.74) is 4.55. The van der Waals surface area contributed by atoms with Gasteiger partial charge in [0.15, 0.2) is 5.65 Å². The first kappa shape index (κ1) is 46.3. The van der Waals surface area contributed by atoms with Gasteiger partial charge in [-0.2, -0.15) is 15.1 Å². The van der Waals surface area contributed by atoms with Crippen molar-refractivity contribution in [3.63, 3.8) is 0 Å². The molecule has 0 amide bonds. The summed E-state index contributed by atoms with van der Waals surface area (Å²) in [6.45, 7) is 13.8.